The number of hydrogen-bond donors (Lipinski definition) is 2. The van der Waals surface area contributed by atoms with Gasteiger partial charge in [-0.25, -0.2) is 0 Å². The number of carbonyl (C=O) groups excluding carboxylic acids is 2. The van der Waals surface area contributed by atoms with E-state index in [0.717, 1.165) is 6.29 Å². The van der Waals surface area contributed by atoms with Gasteiger partial charge in [0.1, 0.15) is 6.29 Å². The van der Waals surface area contributed by atoms with Gasteiger partial charge in [0.05, 0.1) is 6.10 Å². The van der Waals surface area contributed by atoms with Crippen LogP contribution in [0, 0.1) is 5.92 Å². The minimum Gasteiger partial charge on any atom is -0.391 e. The Balaban J connectivity index is 2.47. The highest BCUT2D eigenvalue weighted by atomic mass is 16.3. The maximum Gasteiger partial charge on any atom is 0.251 e. The molecule has 0 radical (unpaired) electrons. The quantitative estimate of drug-likeness (QED) is 0.753. The van der Waals surface area contributed by atoms with Crippen molar-refractivity contribution in [3.05, 3.63) is 35.4 Å². The van der Waals surface area contributed by atoms with Crippen LogP contribution in [0.15, 0.2) is 24.3 Å². The molecule has 1 amide bonds. The van der Waals surface area contributed by atoms with Crippen LogP contribution in [-0.2, 0) is 0 Å². The van der Waals surface area contributed by atoms with Crippen LogP contribution in [0.3, 0.4) is 0 Å². The van der Waals surface area contributed by atoms with E-state index in [1.807, 2.05) is 13.8 Å². The highest BCUT2D eigenvalue weighted by Gasteiger charge is 2.10. The monoisotopic (exact) mass is 249 g/mol. The lowest BCUT2D eigenvalue weighted by Gasteiger charge is -2.13. The largest absolute Gasteiger partial charge is 0.391 e. The summed E-state index contributed by atoms with van der Waals surface area (Å²) < 4.78 is 0. The summed E-state index contributed by atoms with van der Waals surface area (Å²) in [6, 6.07) is 6.36. The lowest BCUT2D eigenvalue weighted by Crippen LogP contribution is -2.32. The number of nitrogens with one attached hydrogen (secondary N) is 1. The van der Waals surface area contributed by atoms with Gasteiger partial charge in [-0.2, -0.15) is 0 Å². The van der Waals surface area contributed by atoms with Crippen molar-refractivity contribution < 1.29 is 14.7 Å². The molecule has 0 heterocycles. The Morgan fingerprint density at radius 2 is 1.94 bits per heavy atom. The first-order valence-corrected chi connectivity index (χ1v) is 6.04. The SMILES string of the molecule is CC(C)CC(O)CNC(=O)c1ccc(C=O)cc1. The summed E-state index contributed by atoms with van der Waals surface area (Å²) in [4.78, 5) is 22.2. The third-order valence-electron chi connectivity index (χ3n) is 2.55. The molecule has 2 N–H and O–H groups in total. The van der Waals surface area contributed by atoms with Crippen molar-refractivity contribution in [1.82, 2.24) is 5.32 Å². The molecule has 0 aromatic heterocycles. The van der Waals surface area contributed by atoms with E-state index < -0.39 is 6.10 Å². The van der Waals surface area contributed by atoms with Gasteiger partial charge in [0.15, 0.2) is 0 Å². The van der Waals surface area contributed by atoms with Crippen LogP contribution >= 0.6 is 0 Å². The zero-order chi connectivity index (χ0) is 13.5. The van der Waals surface area contributed by atoms with Gasteiger partial charge in [-0.3, -0.25) is 9.59 Å². The Morgan fingerprint density at radius 3 is 2.44 bits per heavy atom. The van der Waals surface area contributed by atoms with Crippen LogP contribution in [0.5, 0.6) is 0 Å². The normalized spacial score (nSPS) is 12.2. The van der Waals surface area contributed by atoms with Crippen LogP contribution in [0.4, 0.5) is 0 Å². The molecule has 0 bridgehead atoms. The second-order valence-electron chi connectivity index (χ2n) is 4.73. The van der Waals surface area contributed by atoms with Gasteiger partial charge >= 0.3 is 0 Å². The molecule has 1 aromatic carbocycles. The number of aldehydes is 1. The molecule has 1 atom stereocenters. The molecule has 1 aromatic rings. The zero-order valence-corrected chi connectivity index (χ0v) is 10.7. The Bertz CT molecular complexity index is 398. The Labute approximate surface area is 107 Å². The molecule has 0 aliphatic heterocycles. The number of hydrogen-bond acceptors (Lipinski definition) is 3. The van der Waals surface area contributed by atoms with Crippen molar-refractivity contribution in [2.24, 2.45) is 5.92 Å². The first-order valence-electron chi connectivity index (χ1n) is 6.04. The summed E-state index contributed by atoms with van der Waals surface area (Å²) >= 11 is 0. The maximum atomic E-state index is 11.7. The fourth-order valence-corrected chi connectivity index (χ4v) is 1.65. The third kappa shape index (κ3) is 4.67. The summed E-state index contributed by atoms with van der Waals surface area (Å²) in [5.74, 6) is 0.152. The highest BCUT2D eigenvalue weighted by molar-refractivity contribution is 5.94. The summed E-state index contributed by atoms with van der Waals surface area (Å²) in [7, 11) is 0. The van der Waals surface area contributed by atoms with Crippen molar-refractivity contribution in [3.63, 3.8) is 0 Å². The van der Waals surface area contributed by atoms with Crippen molar-refractivity contribution >= 4 is 12.2 Å². The van der Waals surface area contributed by atoms with E-state index in [9.17, 15) is 14.7 Å². The van der Waals surface area contributed by atoms with E-state index in [4.69, 9.17) is 0 Å². The predicted octanol–water partition coefficient (Wildman–Crippen LogP) is 1.64. The molecule has 1 rings (SSSR count). The maximum absolute atomic E-state index is 11.7. The average molecular weight is 249 g/mol. The summed E-state index contributed by atoms with van der Waals surface area (Å²) in [5, 5.41) is 12.3. The fraction of sp³-hybridized carbons (Fsp3) is 0.429. The highest BCUT2D eigenvalue weighted by Crippen LogP contribution is 2.05. The van der Waals surface area contributed by atoms with Gasteiger partial charge in [0.2, 0.25) is 0 Å². The lowest BCUT2D eigenvalue weighted by atomic mass is 10.1. The van der Waals surface area contributed by atoms with Gasteiger partial charge in [-0.15, -0.1) is 0 Å². The lowest BCUT2D eigenvalue weighted by molar-refractivity contribution is 0.0900. The minimum atomic E-state index is -0.525. The molecule has 0 spiro atoms. The summed E-state index contributed by atoms with van der Waals surface area (Å²) in [6.45, 7) is 4.28. The van der Waals surface area contributed by atoms with Crippen LogP contribution in [0.1, 0.15) is 41.0 Å². The van der Waals surface area contributed by atoms with Crippen LogP contribution in [-0.4, -0.2) is 29.9 Å². The number of aliphatic hydroxyl groups is 1. The molecule has 0 aliphatic carbocycles. The van der Waals surface area contributed by atoms with Gasteiger partial charge in [0, 0.05) is 17.7 Å². The van der Waals surface area contributed by atoms with E-state index in [0.29, 0.717) is 23.5 Å². The van der Waals surface area contributed by atoms with E-state index >= 15 is 0 Å². The number of aliphatic hydroxyl groups excluding tert-OH is 1. The number of benzene rings is 1. The Morgan fingerprint density at radius 1 is 1.33 bits per heavy atom. The average Bonchev–Trinajstić information content (AvgIpc) is 2.35. The van der Waals surface area contributed by atoms with E-state index in [-0.39, 0.29) is 12.5 Å². The van der Waals surface area contributed by atoms with E-state index in [1.54, 1.807) is 24.3 Å². The molecular weight excluding hydrogens is 230 g/mol. The van der Waals surface area contributed by atoms with Crippen molar-refractivity contribution in [1.29, 1.82) is 0 Å². The van der Waals surface area contributed by atoms with Crippen LogP contribution in [0.25, 0.3) is 0 Å². The Hall–Kier alpha value is -1.68. The second-order valence-corrected chi connectivity index (χ2v) is 4.73. The van der Waals surface area contributed by atoms with Crippen LogP contribution in [0.2, 0.25) is 0 Å². The molecule has 0 saturated carbocycles. The number of carbonyl (C=O) groups is 2. The first-order chi connectivity index (χ1) is 8.52. The summed E-state index contributed by atoms with van der Waals surface area (Å²) in [6.07, 6.45) is 0.863. The van der Waals surface area contributed by atoms with Crippen LogP contribution < -0.4 is 5.32 Å². The first kappa shape index (κ1) is 14.4. The second kappa shape index (κ2) is 6.91. The third-order valence-corrected chi connectivity index (χ3v) is 2.55. The predicted molar refractivity (Wildman–Crippen MR) is 69.6 cm³/mol. The topological polar surface area (TPSA) is 66.4 Å². The Kier molecular flexibility index (Phi) is 5.52. The van der Waals surface area contributed by atoms with Gasteiger partial charge < -0.3 is 10.4 Å². The molecule has 0 saturated heterocycles. The molecule has 4 nitrogen and oxygen atoms in total. The molecule has 18 heavy (non-hydrogen) atoms. The van der Waals surface area contributed by atoms with E-state index in [1.165, 1.54) is 0 Å². The minimum absolute atomic E-state index is 0.241. The number of amides is 1. The molecular formula is C14H19NO3. The van der Waals surface area contributed by atoms with Crippen molar-refractivity contribution in [2.45, 2.75) is 26.4 Å². The molecule has 98 valence electrons. The fourth-order valence-electron chi connectivity index (χ4n) is 1.65. The van der Waals surface area contributed by atoms with Crippen molar-refractivity contribution in [2.75, 3.05) is 6.54 Å². The zero-order valence-electron chi connectivity index (χ0n) is 10.7. The molecule has 0 aliphatic rings. The standard InChI is InChI=1S/C14H19NO3/c1-10(2)7-13(17)8-15-14(18)12-5-3-11(9-16)4-6-12/h3-6,9-10,13,17H,7-8H2,1-2H3,(H,15,18). The van der Waals surface area contributed by atoms with Gasteiger partial charge in [-0.1, -0.05) is 26.0 Å². The van der Waals surface area contributed by atoms with Gasteiger partial charge in [0.25, 0.3) is 5.91 Å². The molecule has 1 unspecified atom stereocenters. The van der Waals surface area contributed by atoms with Crippen molar-refractivity contribution in [3.8, 4) is 0 Å². The summed E-state index contributed by atoms with van der Waals surface area (Å²) in [5.41, 5.74) is 1.02. The molecule has 4 heteroatoms. The smallest absolute Gasteiger partial charge is 0.251 e. The number of rotatable bonds is 6. The van der Waals surface area contributed by atoms with Gasteiger partial charge in [-0.05, 0) is 24.5 Å². The molecule has 0 fully saturated rings. The van der Waals surface area contributed by atoms with E-state index in [2.05, 4.69) is 5.32 Å².